The summed E-state index contributed by atoms with van der Waals surface area (Å²) in [5.74, 6) is 0.0478. The molecule has 8 nitrogen and oxygen atoms in total. The molecule has 1 fully saturated rings. The lowest BCUT2D eigenvalue weighted by Gasteiger charge is -2.29. The molecule has 0 amide bonds. The maximum atomic E-state index is 14.1. The SMILES string of the molecule is COCc1nn(C2CCN(C)CC2)cc1-c1cnc(N)c(-c2nc3c(F)cccc3o2)c1. The largest absolute Gasteiger partial charge is 0.436 e. The number of oxazole rings is 1. The van der Waals surface area contributed by atoms with Gasteiger partial charge in [-0.3, -0.25) is 4.68 Å². The second kappa shape index (κ2) is 8.33. The van der Waals surface area contributed by atoms with Crippen molar-refractivity contribution in [3.8, 4) is 22.6 Å². The summed E-state index contributed by atoms with van der Waals surface area (Å²) in [5.41, 5.74) is 9.74. The van der Waals surface area contributed by atoms with Gasteiger partial charge in [-0.2, -0.15) is 5.10 Å². The van der Waals surface area contributed by atoms with E-state index in [9.17, 15) is 4.39 Å². The Hall–Kier alpha value is -3.30. The Labute approximate surface area is 184 Å². The number of hydrogen-bond donors (Lipinski definition) is 1. The molecule has 2 N–H and O–H groups in total. The molecule has 0 atom stereocenters. The highest BCUT2D eigenvalue weighted by Gasteiger charge is 2.22. The summed E-state index contributed by atoms with van der Waals surface area (Å²) in [4.78, 5) is 11.0. The minimum absolute atomic E-state index is 0.169. The van der Waals surface area contributed by atoms with Gasteiger partial charge in [-0.15, -0.1) is 0 Å². The molecule has 0 bridgehead atoms. The predicted molar refractivity (Wildman–Crippen MR) is 119 cm³/mol. The molecule has 0 saturated carbocycles. The van der Waals surface area contributed by atoms with Crippen LogP contribution >= 0.6 is 0 Å². The van der Waals surface area contributed by atoms with Crippen LogP contribution in [0.3, 0.4) is 0 Å². The van der Waals surface area contributed by atoms with Crippen molar-refractivity contribution in [3.05, 3.63) is 48.2 Å². The zero-order chi connectivity index (χ0) is 22.2. The summed E-state index contributed by atoms with van der Waals surface area (Å²) in [6, 6.07) is 6.81. The van der Waals surface area contributed by atoms with Gasteiger partial charge in [-0.1, -0.05) is 6.07 Å². The van der Waals surface area contributed by atoms with E-state index < -0.39 is 5.82 Å². The Morgan fingerprint density at radius 2 is 2.06 bits per heavy atom. The van der Waals surface area contributed by atoms with Gasteiger partial charge in [-0.25, -0.2) is 14.4 Å². The van der Waals surface area contributed by atoms with E-state index in [0.29, 0.717) is 23.8 Å². The summed E-state index contributed by atoms with van der Waals surface area (Å²) in [7, 11) is 3.79. The second-order valence-corrected chi connectivity index (χ2v) is 8.20. The van der Waals surface area contributed by atoms with Crippen molar-refractivity contribution in [2.24, 2.45) is 0 Å². The van der Waals surface area contributed by atoms with Crippen molar-refractivity contribution in [1.29, 1.82) is 0 Å². The number of aromatic nitrogens is 4. The first-order chi connectivity index (χ1) is 15.5. The number of para-hydroxylation sites is 1. The molecule has 1 saturated heterocycles. The topological polar surface area (TPSA) is 95.2 Å². The number of piperidine rings is 1. The molecule has 3 aromatic heterocycles. The lowest BCUT2D eigenvalue weighted by atomic mass is 10.0. The highest BCUT2D eigenvalue weighted by molar-refractivity contribution is 5.81. The minimum Gasteiger partial charge on any atom is -0.436 e. The maximum Gasteiger partial charge on any atom is 0.231 e. The number of anilines is 1. The van der Waals surface area contributed by atoms with Crippen molar-refractivity contribution in [2.75, 3.05) is 33.0 Å². The molecule has 5 rings (SSSR count). The first-order valence-corrected chi connectivity index (χ1v) is 10.6. The average molecular weight is 436 g/mol. The molecule has 0 aliphatic carbocycles. The third-order valence-electron chi connectivity index (χ3n) is 5.98. The number of fused-ring (bicyclic) bond motifs is 1. The van der Waals surface area contributed by atoms with Crippen LogP contribution in [0, 0.1) is 5.82 Å². The Balaban J connectivity index is 1.55. The van der Waals surface area contributed by atoms with Crippen molar-refractivity contribution < 1.29 is 13.5 Å². The number of hydrogen-bond acceptors (Lipinski definition) is 7. The van der Waals surface area contributed by atoms with Crippen molar-refractivity contribution in [1.82, 2.24) is 24.6 Å². The van der Waals surface area contributed by atoms with Gasteiger partial charge in [0.25, 0.3) is 0 Å². The van der Waals surface area contributed by atoms with Crippen LogP contribution in [0.5, 0.6) is 0 Å². The number of pyridine rings is 1. The van der Waals surface area contributed by atoms with Gasteiger partial charge in [0.15, 0.2) is 11.4 Å². The first kappa shape index (κ1) is 20.6. The van der Waals surface area contributed by atoms with Crippen molar-refractivity contribution >= 4 is 16.9 Å². The van der Waals surface area contributed by atoms with E-state index in [1.807, 2.05) is 16.9 Å². The quantitative estimate of drug-likeness (QED) is 0.507. The van der Waals surface area contributed by atoms with Crippen molar-refractivity contribution in [2.45, 2.75) is 25.5 Å². The van der Waals surface area contributed by atoms with E-state index in [1.165, 1.54) is 6.07 Å². The maximum absolute atomic E-state index is 14.1. The molecule has 1 aliphatic heterocycles. The Morgan fingerprint density at radius 1 is 1.25 bits per heavy atom. The van der Waals surface area contributed by atoms with Gasteiger partial charge < -0.3 is 19.8 Å². The Bertz CT molecular complexity index is 1260. The lowest BCUT2D eigenvalue weighted by molar-refractivity contribution is 0.178. The van der Waals surface area contributed by atoms with Crippen LogP contribution in [0.4, 0.5) is 10.2 Å². The fourth-order valence-electron chi connectivity index (χ4n) is 4.18. The van der Waals surface area contributed by atoms with Crippen LogP contribution in [0.1, 0.15) is 24.6 Å². The zero-order valence-corrected chi connectivity index (χ0v) is 18.1. The van der Waals surface area contributed by atoms with Gasteiger partial charge in [0.2, 0.25) is 5.89 Å². The Morgan fingerprint density at radius 3 is 2.81 bits per heavy atom. The van der Waals surface area contributed by atoms with Gasteiger partial charge in [0.1, 0.15) is 11.3 Å². The summed E-state index contributed by atoms with van der Waals surface area (Å²) in [6.45, 7) is 2.46. The minimum atomic E-state index is -0.443. The molecule has 32 heavy (non-hydrogen) atoms. The summed E-state index contributed by atoms with van der Waals surface area (Å²) in [6.07, 6.45) is 5.85. The first-order valence-electron chi connectivity index (χ1n) is 10.6. The molecular weight excluding hydrogens is 411 g/mol. The summed E-state index contributed by atoms with van der Waals surface area (Å²) < 4.78 is 27.3. The molecule has 166 valence electrons. The molecular formula is C23H25FN6O2. The number of methoxy groups -OCH3 is 1. The summed E-state index contributed by atoms with van der Waals surface area (Å²) in [5, 5.41) is 4.82. The van der Waals surface area contributed by atoms with Crippen molar-refractivity contribution in [3.63, 3.8) is 0 Å². The number of halogens is 1. The summed E-state index contributed by atoms with van der Waals surface area (Å²) >= 11 is 0. The van der Waals surface area contributed by atoms with Crippen LogP contribution in [0.2, 0.25) is 0 Å². The highest BCUT2D eigenvalue weighted by Crippen LogP contribution is 2.34. The number of likely N-dealkylation sites (tertiary alicyclic amines) is 1. The molecule has 1 aliphatic rings. The predicted octanol–water partition coefficient (Wildman–Crippen LogP) is 3.89. The number of rotatable bonds is 5. The van der Waals surface area contributed by atoms with Crippen LogP contribution in [-0.4, -0.2) is 51.9 Å². The van der Waals surface area contributed by atoms with E-state index in [-0.39, 0.29) is 17.2 Å². The molecule has 4 aromatic rings. The van der Waals surface area contributed by atoms with E-state index in [1.54, 1.807) is 25.4 Å². The molecule has 0 unspecified atom stereocenters. The molecule has 0 radical (unpaired) electrons. The third kappa shape index (κ3) is 3.74. The number of ether oxygens (including phenoxy) is 1. The zero-order valence-electron chi connectivity index (χ0n) is 18.1. The molecule has 1 aromatic carbocycles. The number of nitrogen functional groups attached to an aromatic ring is 1. The smallest absolute Gasteiger partial charge is 0.231 e. The van der Waals surface area contributed by atoms with Gasteiger partial charge >= 0.3 is 0 Å². The van der Waals surface area contributed by atoms with E-state index in [2.05, 4.69) is 21.9 Å². The number of benzene rings is 1. The molecule has 9 heteroatoms. The standard InChI is InChI=1S/C23H25FN6O2/c1-29-8-6-15(7-9-29)30-12-17(19(28-30)13-31-2)14-10-16(22(25)26-11-14)23-27-21-18(24)4-3-5-20(21)32-23/h3-5,10-12,15H,6-9,13H2,1-2H3,(H2,25,26). The third-order valence-corrected chi connectivity index (χ3v) is 5.98. The van der Waals surface area contributed by atoms with E-state index in [4.69, 9.17) is 20.0 Å². The average Bonchev–Trinajstić information content (AvgIpc) is 3.40. The fraction of sp³-hybridized carbons (Fsp3) is 0.348. The number of nitrogens with zero attached hydrogens (tertiary/aromatic N) is 5. The van der Waals surface area contributed by atoms with Gasteiger partial charge in [-0.05, 0) is 51.2 Å². The monoisotopic (exact) mass is 436 g/mol. The van der Waals surface area contributed by atoms with Gasteiger partial charge in [0.05, 0.1) is 23.9 Å². The van der Waals surface area contributed by atoms with Gasteiger partial charge in [0, 0.05) is 30.6 Å². The number of nitrogens with two attached hydrogens (primary N) is 1. The van der Waals surface area contributed by atoms with Crippen LogP contribution in [0.25, 0.3) is 33.7 Å². The normalized spacial score (nSPS) is 15.6. The second-order valence-electron chi connectivity index (χ2n) is 8.20. The van der Waals surface area contributed by atoms with Crippen LogP contribution in [-0.2, 0) is 11.3 Å². The lowest BCUT2D eigenvalue weighted by Crippen LogP contribution is -2.31. The molecule has 4 heterocycles. The van der Waals surface area contributed by atoms with E-state index >= 15 is 0 Å². The fourth-order valence-corrected chi connectivity index (χ4v) is 4.18. The van der Waals surface area contributed by atoms with E-state index in [0.717, 1.165) is 42.8 Å². The molecule has 0 spiro atoms. The van der Waals surface area contributed by atoms with Crippen LogP contribution < -0.4 is 5.73 Å². The Kier molecular flexibility index (Phi) is 5.36. The van der Waals surface area contributed by atoms with Crippen LogP contribution in [0.15, 0.2) is 41.1 Å². The highest BCUT2D eigenvalue weighted by atomic mass is 19.1.